The van der Waals surface area contributed by atoms with Gasteiger partial charge in [0.15, 0.2) is 0 Å². The predicted molar refractivity (Wildman–Crippen MR) is 125 cm³/mol. The summed E-state index contributed by atoms with van der Waals surface area (Å²) in [5, 5.41) is 11.5. The number of hydrogen-bond acceptors (Lipinski definition) is 8. The molecule has 0 saturated carbocycles. The lowest BCUT2D eigenvalue weighted by Gasteiger charge is -2.31. The van der Waals surface area contributed by atoms with Crippen LogP contribution in [0.25, 0.3) is 0 Å². The van der Waals surface area contributed by atoms with Crippen LogP contribution in [0.1, 0.15) is 41.5 Å². The molecular weight excluding hydrogens is 471 g/mol. The minimum absolute atomic E-state index is 0.0210. The van der Waals surface area contributed by atoms with Gasteiger partial charge in [-0.3, -0.25) is 15.0 Å². The fraction of sp³-hybridized carbons (Fsp3) is 0.458. The van der Waals surface area contributed by atoms with Crippen LogP contribution in [0.3, 0.4) is 0 Å². The van der Waals surface area contributed by atoms with Gasteiger partial charge in [-0.25, -0.2) is 19.2 Å². The molecule has 0 aromatic carbocycles. The molecule has 36 heavy (non-hydrogen) atoms. The smallest absolute Gasteiger partial charge is 0.328 e. The van der Waals surface area contributed by atoms with Crippen molar-refractivity contribution in [2.75, 3.05) is 44.6 Å². The van der Waals surface area contributed by atoms with Gasteiger partial charge in [-0.15, -0.1) is 0 Å². The van der Waals surface area contributed by atoms with Gasteiger partial charge in [0.1, 0.15) is 40.9 Å². The van der Waals surface area contributed by atoms with Gasteiger partial charge in [0.05, 0.1) is 6.20 Å². The van der Waals surface area contributed by atoms with Crippen molar-refractivity contribution in [1.82, 2.24) is 14.9 Å². The number of nitrogens with one attached hydrogen (secondary N) is 1. The van der Waals surface area contributed by atoms with E-state index in [2.05, 4.69) is 10.3 Å². The molecule has 0 unspecified atom stereocenters. The quantitative estimate of drug-likeness (QED) is 0.577. The Kier molecular flexibility index (Phi) is 7.73. The van der Waals surface area contributed by atoms with Crippen LogP contribution in [0.5, 0.6) is 0 Å². The van der Waals surface area contributed by atoms with E-state index in [9.17, 15) is 14.0 Å². The first-order valence-corrected chi connectivity index (χ1v) is 11.4. The lowest BCUT2D eigenvalue weighted by atomic mass is 10.0. The van der Waals surface area contributed by atoms with E-state index in [1.807, 2.05) is 6.07 Å². The summed E-state index contributed by atoms with van der Waals surface area (Å²) in [5.41, 5.74) is 1.82. The molecule has 2 aromatic rings. The van der Waals surface area contributed by atoms with Crippen molar-refractivity contribution in [1.29, 1.82) is 5.26 Å². The van der Waals surface area contributed by atoms with Crippen LogP contribution >= 0.6 is 0 Å². The number of anilines is 2. The summed E-state index contributed by atoms with van der Waals surface area (Å²) in [7, 11) is 4.48. The number of aromatic nitrogens is 2. The summed E-state index contributed by atoms with van der Waals surface area (Å²) in [6.45, 7) is 1.24. The number of likely N-dealkylation sites (tertiary alicyclic amines) is 1. The zero-order valence-electron chi connectivity index (χ0n) is 20.3. The van der Waals surface area contributed by atoms with Crippen LogP contribution in [-0.2, 0) is 32.0 Å². The van der Waals surface area contributed by atoms with Crippen molar-refractivity contribution >= 4 is 23.6 Å². The monoisotopic (exact) mass is 498 g/mol. The summed E-state index contributed by atoms with van der Waals surface area (Å²) in [6.07, 6.45) is 1.76. The van der Waals surface area contributed by atoms with Crippen molar-refractivity contribution < 1.29 is 28.2 Å². The molecule has 1 N–H and O–H groups in total. The number of ether oxygens (including phenoxy) is 3. The maximum Gasteiger partial charge on any atom is 0.328 e. The SMILES string of the molecule is COC(OC)c1nc2c(cc1CN1CC[C@H](OC)C1=O)CCCN2C(=O)Nc1cc(F)c(C#N)cn1. The van der Waals surface area contributed by atoms with Crippen LogP contribution in [0.2, 0.25) is 0 Å². The number of nitriles is 1. The van der Waals surface area contributed by atoms with Gasteiger partial charge in [-0.1, -0.05) is 0 Å². The number of carbonyl (C=O) groups excluding carboxylic acids is 2. The molecule has 0 aliphatic carbocycles. The van der Waals surface area contributed by atoms with Crippen LogP contribution in [0, 0.1) is 17.1 Å². The highest BCUT2D eigenvalue weighted by Crippen LogP contribution is 2.32. The number of carbonyl (C=O) groups is 2. The molecule has 2 aliphatic rings. The number of urea groups is 1. The first-order chi connectivity index (χ1) is 17.4. The summed E-state index contributed by atoms with van der Waals surface area (Å²) in [5.74, 6) is -0.460. The molecule has 0 bridgehead atoms. The second kappa shape index (κ2) is 10.9. The maximum atomic E-state index is 14.0. The number of halogens is 1. The number of hydrogen-bond donors (Lipinski definition) is 1. The molecule has 2 aliphatic heterocycles. The topological polar surface area (TPSA) is 130 Å². The molecule has 2 aromatic heterocycles. The third kappa shape index (κ3) is 4.99. The molecule has 1 saturated heterocycles. The zero-order chi connectivity index (χ0) is 25.8. The van der Waals surface area contributed by atoms with Crippen molar-refractivity contribution in [2.45, 2.75) is 38.2 Å². The predicted octanol–water partition coefficient (Wildman–Crippen LogP) is 2.51. The number of rotatable bonds is 7. The Hall–Kier alpha value is -3.66. The Morgan fingerprint density at radius 3 is 2.72 bits per heavy atom. The number of aryl methyl sites for hydroxylation is 1. The van der Waals surface area contributed by atoms with Crippen LogP contribution in [-0.4, -0.2) is 67.3 Å². The summed E-state index contributed by atoms with van der Waals surface area (Å²) >= 11 is 0. The number of pyridine rings is 2. The molecule has 0 spiro atoms. The fourth-order valence-corrected chi connectivity index (χ4v) is 4.46. The second-order valence-electron chi connectivity index (χ2n) is 8.44. The summed E-state index contributed by atoms with van der Waals surface area (Å²) in [6, 6.07) is 4.08. The van der Waals surface area contributed by atoms with Crippen LogP contribution < -0.4 is 10.2 Å². The molecule has 0 radical (unpaired) electrons. The lowest BCUT2D eigenvalue weighted by molar-refractivity contribution is -0.136. The van der Waals surface area contributed by atoms with Gasteiger partial charge in [-0.05, 0) is 30.0 Å². The number of amides is 3. The van der Waals surface area contributed by atoms with E-state index in [1.165, 1.54) is 26.2 Å². The Morgan fingerprint density at radius 1 is 1.31 bits per heavy atom. The minimum Gasteiger partial charge on any atom is -0.372 e. The number of fused-ring (bicyclic) bond motifs is 1. The zero-order valence-corrected chi connectivity index (χ0v) is 20.3. The van der Waals surface area contributed by atoms with Crippen LogP contribution in [0.4, 0.5) is 20.8 Å². The van der Waals surface area contributed by atoms with E-state index < -0.39 is 24.2 Å². The highest BCUT2D eigenvalue weighted by atomic mass is 19.1. The second-order valence-corrected chi connectivity index (χ2v) is 8.44. The van der Waals surface area contributed by atoms with Crippen molar-refractivity contribution in [2.24, 2.45) is 0 Å². The Morgan fingerprint density at radius 2 is 2.08 bits per heavy atom. The van der Waals surface area contributed by atoms with Crippen LogP contribution in [0.15, 0.2) is 18.3 Å². The van der Waals surface area contributed by atoms with E-state index in [-0.39, 0.29) is 17.3 Å². The average molecular weight is 499 g/mol. The molecule has 11 nitrogen and oxygen atoms in total. The Bertz CT molecular complexity index is 1200. The van der Waals surface area contributed by atoms with Crippen molar-refractivity contribution in [3.63, 3.8) is 0 Å². The summed E-state index contributed by atoms with van der Waals surface area (Å²) in [4.78, 5) is 37.6. The molecule has 3 amide bonds. The fourth-order valence-electron chi connectivity index (χ4n) is 4.46. The third-order valence-electron chi connectivity index (χ3n) is 6.27. The van der Waals surface area contributed by atoms with E-state index in [0.29, 0.717) is 50.4 Å². The Labute approximate surface area is 207 Å². The average Bonchev–Trinajstić information content (AvgIpc) is 3.23. The van der Waals surface area contributed by atoms with E-state index in [1.54, 1.807) is 11.0 Å². The summed E-state index contributed by atoms with van der Waals surface area (Å²) < 4.78 is 30.2. The van der Waals surface area contributed by atoms with Crippen molar-refractivity contribution in [3.8, 4) is 6.07 Å². The van der Waals surface area contributed by atoms with Gasteiger partial charge in [0, 0.05) is 53.5 Å². The highest BCUT2D eigenvalue weighted by molar-refractivity contribution is 6.01. The van der Waals surface area contributed by atoms with Gasteiger partial charge >= 0.3 is 6.03 Å². The largest absolute Gasteiger partial charge is 0.372 e. The number of nitrogens with zero attached hydrogens (tertiary/aromatic N) is 5. The van der Waals surface area contributed by atoms with E-state index >= 15 is 0 Å². The van der Waals surface area contributed by atoms with Gasteiger partial charge < -0.3 is 19.1 Å². The molecule has 12 heteroatoms. The van der Waals surface area contributed by atoms with E-state index in [0.717, 1.165) is 23.4 Å². The normalized spacial score (nSPS) is 17.3. The van der Waals surface area contributed by atoms with E-state index in [4.69, 9.17) is 24.5 Å². The molecule has 1 fully saturated rings. The molecular formula is C24H27FN6O5. The Balaban J connectivity index is 1.64. The lowest BCUT2D eigenvalue weighted by Crippen LogP contribution is -2.40. The minimum atomic E-state index is -0.817. The molecule has 1 atom stereocenters. The van der Waals surface area contributed by atoms with Gasteiger partial charge in [-0.2, -0.15) is 5.26 Å². The molecule has 4 heterocycles. The molecule has 4 rings (SSSR count). The standard InChI is InChI=1S/C24H27FN6O5/c1-34-18-6-8-30(22(18)32)13-15-9-14-5-4-7-31(21(14)29-20(15)23(35-2)36-3)24(33)28-19-10-17(25)16(11-26)12-27-19/h9-10,12,18,23H,4-8,13H2,1-3H3,(H,27,28,33)/t18-/m0/s1. The van der Waals surface area contributed by atoms with Gasteiger partial charge in [0.2, 0.25) is 6.29 Å². The third-order valence-corrected chi connectivity index (χ3v) is 6.27. The van der Waals surface area contributed by atoms with Gasteiger partial charge in [0.25, 0.3) is 5.91 Å². The maximum absolute atomic E-state index is 14.0. The first kappa shape index (κ1) is 25.4. The van der Waals surface area contributed by atoms with Crippen molar-refractivity contribution in [3.05, 3.63) is 46.5 Å². The molecule has 190 valence electrons. The highest BCUT2D eigenvalue weighted by Gasteiger charge is 2.34. The first-order valence-electron chi connectivity index (χ1n) is 11.4. The number of methoxy groups -OCH3 is 3.